The fourth-order valence-electron chi connectivity index (χ4n) is 4.49. The fourth-order valence-corrected chi connectivity index (χ4v) is 5.90. The molecule has 0 N–H and O–H groups in total. The summed E-state index contributed by atoms with van der Waals surface area (Å²) in [5.74, 6) is 0.145. The molecule has 2 heterocycles. The first-order valence-electron chi connectivity index (χ1n) is 11.8. The SMILES string of the molecule is CS(=O)(=O)c1cncc(COc2nc(OC3CCc4c(-c5cccc(Br)c5Cl)cccc43)c(Cl)cc2C=O)c1. The highest BCUT2D eigenvalue weighted by Gasteiger charge is 2.29. The lowest BCUT2D eigenvalue weighted by molar-refractivity contribution is 0.111. The number of benzene rings is 2. The fraction of sp³-hybridized carbons (Fsp3) is 0.179. The number of hydrogen-bond donors (Lipinski definition) is 0. The number of ether oxygens (including phenoxy) is 2. The van der Waals surface area contributed by atoms with Gasteiger partial charge in [-0.05, 0) is 63.7 Å². The molecule has 0 bridgehead atoms. The number of fused-ring (bicyclic) bond motifs is 1. The van der Waals surface area contributed by atoms with Crippen molar-refractivity contribution in [3.8, 4) is 22.9 Å². The maximum absolute atomic E-state index is 11.8. The van der Waals surface area contributed by atoms with Crippen molar-refractivity contribution >= 4 is 55.3 Å². The van der Waals surface area contributed by atoms with E-state index in [0.717, 1.165) is 39.4 Å². The van der Waals surface area contributed by atoms with Crippen LogP contribution in [0.5, 0.6) is 11.8 Å². The molecule has 0 radical (unpaired) electrons. The van der Waals surface area contributed by atoms with Crippen molar-refractivity contribution in [1.29, 1.82) is 0 Å². The third-order valence-electron chi connectivity index (χ3n) is 6.35. The molecule has 0 saturated heterocycles. The number of nitrogens with zero attached hydrogens (tertiary/aromatic N) is 2. The topological polar surface area (TPSA) is 95.5 Å². The number of halogens is 3. The van der Waals surface area contributed by atoms with Crippen molar-refractivity contribution < 1.29 is 22.7 Å². The average Bonchev–Trinajstić information content (AvgIpc) is 3.33. The molecule has 1 atom stereocenters. The first-order valence-corrected chi connectivity index (χ1v) is 15.2. The van der Waals surface area contributed by atoms with Crippen LogP contribution < -0.4 is 9.47 Å². The Bertz CT molecular complexity index is 1700. The predicted molar refractivity (Wildman–Crippen MR) is 153 cm³/mol. The summed E-state index contributed by atoms with van der Waals surface area (Å²) in [6, 6.07) is 14.7. The standard InChI is InChI=1S/C28H21BrCl2N2O5S/c1-39(35,36)18-10-16(12-32-13-18)15-37-27-17(14-34)11-24(30)28(33-27)38-25-9-8-20-19(4-2-5-21(20)25)22-6-3-7-23(29)26(22)31/h2-7,10-14,25H,8-9,15H2,1H3. The van der Waals surface area contributed by atoms with Crippen LogP contribution in [-0.4, -0.2) is 30.9 Å². The van der Waals surface area contributed by atoms with Gasteiger partial charge in [0.1, 0.15) is 17.7 Å². The second-order valence-corrected chi connectivity index (χ2v) is 12.7. The zero-order valence-corrected chi connectivity index (χ0v) is 24.4. The first kappa shape index (κ1) is 27.6. The van der Waals surface area contributed by atoms with E-state index in [-0.39, 0.29) is 40.0 Å². The number of carbonyl (C=O) groups is 1. The predicted octanol–water partition coefficient (Wildman–Crippen LogP) is 7.07. The molecule has 0 spiro atoms. The molecule has 2 aromatic heterocycles. The number of carbonyl (C=O) groups excluding carboxylic acids is 1. The van der Waals surface area contributed by atoms with Crippen molar-refractivity contribution in [2.45, 2.75) is 30.4 Å². The Labute approximate surface area is 244 Å². The molecule has 1 unspecified atom stereocenters. The second kappa shape index (κ2) is 11.3. The van der Waals surface area contributed by atoms with E-state index < -0.39 is 9.84 Å². The van der Waals surface area contributed by atoms with Crippen LogP contribution in [0.15, 0.2) is 70.3 Å². The molecule has 0 amide bonds. The Kier molecular flexibility index (Phi) is 7.96. The van der Waals surface area contributed by atoms with Gasteiger partial charge in [-0.3, -0.25) is 9.78 Å². The number of aromatic nitrogens is 2. The van der Waals surface area contributed by atoms with Crippen LogP contribution >= 0.6 is 39.1 Å². The van der Waals surface area contributed by atoms with Crippen molar-refractivity contribution in [1.82, 2.24) is 9.97 Å². The molecule has 0 saturated carbocycles. The highest BCUT2D eigenvalue weighted by molar-refractivity contribution is 9.10. The van der Waals surface area contributed by atoms with Crippen LogP contribution in [0.2, 0.25) is 10.0 Å². The third kappa shape index (κ3) is 5.82. The van der Waals surface area contributed by atoms with E-state index in [4.69, 9.17) is 32.7 Å². The Morgan fingerprint density at radius 3 is 2.62 bits per heavy atom. The van der Waals surface area contributed by atoms with E-state index in [2.05, 4.69) is 25.9 Å². The van der Waals surface area contributed by atoms with Gasteiger partial charge in [-0.1, -0.05) is 53.5 Å². The van der Waals surface area contributed by atoms with Crippen LogP contribution in [0.1, 0.15) is 39.6 Å². The van der Waals surface area contributed by atoms with Gasteiger partial charge in [-0.25, -0.2) is 8.42 Å². The lowest BCUT2D eigenvalue weighted by Crippen LogP contribution is -2.08. The molecular formula is C28H21BrCl2N2O5S. The number of pyridine rings is 2. The summed E-state index contributed by atoms with van der Waals surface area (Å²) >= 11 is 16.5. The van der Waals surface area contributed by atoms with Gasteiger partial charge in [0.2, 0.25) is 11.8 Å². The lowest BCUT2D eigenvalue weighted by atomic mass is 9.96. The van der Waals surface area contributed by atoms with Crippen molar-refractivity contribution in [2.75, 3.05) is 6.26 Å². The third-order valence-corrected chi connectivity index (χ3v) is 9.00. The Hall–Kier alpha value is -2.98. The summed E-state index contributed by atoms with van der Waals surface area (Å²) in [6.45, 7) is -0.0612. The largest absolute Gasteiger partial charge is 0.472 e. The molecule has 200 valence electrons. The number of rotatable bonds is 8. The van der Waals surface area contributed by atoms with Crippen molar-refractivity contribution in [3.63, 3.8) is 0 Å². The van der Waals surface area contributed by atoms with E-state index in [1.54, 1.807) is 0 Å². The van der Waals surface area contributed by atoms with Gasteiger partial charge in [0.05, 0.1) is 15.5 Å². The van der Waals surface area contributed by atoms with Crippen LogP contribution in [0.3, 0.4) is 0 Å². The number of hydrogen-bond acceptors (Lipinski definition) is 7. The maximum atomic E-state index is 11.8. The molecule has 1 aliphatic rings. The van der Waals surface area contributed by atoms with Crippen molar-refractivity contribution in [2.24, 2.45) is 0 Å². The Balaban J connectivity index is 1.41. The first-order chi connectivity index (χ1) is 18.7. The minimum absolute atomic E-state index is 0.0158. The van der Waals surface area contributed by atoms with E-state index in [9.17, 15) is 13.2 Å². The number of sulfone groups is 1. The minimum Gasteiger partial charge on any atom is -0.472 e. The zero-order chi connectivity index (χ0) is 27.7. The van der Waals surface area contributed by atoms with E-state index >= 15 is 0 Å². The number of aldehydes is 1. The van der Waals surface area contributed by atoms with Gasteiger partial charge in [-0.15, -0.1) is 0 Å². The van der Waals surface area contributed by atoms with Crippen molar-refractivity contribution in [3.05, 3.63) is 97.7 Å². The molecule has 4 aromatic rings. The molecule has 1 aliphatic carbocycles. The molecular weight excluding hydrogens is 627 g/mol. The second-order valence-electron chi connectivity index (χ2n) is 9.00. The molecule has 0 aliphatic heterocycles. The maximum Gasteiger partial charge on any atom is 0.236 e. The van der Waals surface area contributed by atoms with Gasteiger partial charge in [-0.2, -0.15) is 4.98 Å². The van der Waals surface area contributed by atoms with Crippen LogP contribution in [-0.2, 0) is 22.9 Å². The highest BCUT2D eigenvalue weighted by Crippen LogP contribution is 2.44. The van der Waals surface area contributed by atoms with Gasteiger partial charge < -0.3 is 9.47 Å². The molecule has 39 heavy (non-hydrogen) atoms. The summed E-state index contributed by atoms with van der Waals surface area (Å²) in [5.41, 5.74) is 4.75. The normalized spacial score (nSPS) is 14.6. The van der Waals surface area contributed by atoms with Gasteiger partial charge in [0.15, 0.2) is 16.1 Å². The molecule has 7 nitrogen and oxygen atoms in total. The quantitative estimate of drug-likeness (QED) is 0.189. The summed E-state index contributed by atoms with van der Waals surface area (Å²) < 4.78 is 36.6. The van der Waals surface area contributed by atoms with Gasteiger partial charge >= 0.3 is 0 Å². The Morgan fingerprint density at radius 1 is 1.08 bits per heavy atom. The van der Waals surface area contributed by atoms with Gasteiger partial charge in [0.25, 0.3) is 0 Å². The summed E-state index contributed by atoms with van der Waals surface area (Å²) in [6.07, 6.45) is 5.58. The molecule has 11 heteroatoms. The monoisotopic (exact) mass is 646 g/mol. The van der Waals surface area contributed by atoms with E-state index in [1.807, 2.05) is 36.4 Å². The molecule has 0 fully saturated rings. The smallest absolute Gasteiger partial charge is 0.236 e. The molecule has 2 aromatic carbocycles. The Morgan fingerprint density at radius 2 is 1.85 bits per heavy atom. The van der Waals surface area contributed by atoms with E-state index in [0.29, 0.717) is 23.3 Å². The summed E-state index contributed by atoms with van der Waals surface area (Å²) in [5, 5.41) is 0.813. The molecule has 5 rings (SSSR count). The summed E-state index contributed by atoms with van der Waals surface area (Å²) in [4.78, 5) is 20.1. The summed E-state index contributed by atoms with van der Waals surface area (Å²) in [7, 11) is -3.43. The van der Waals surface area contributed by atoms with Gasteiger partial charge in [0, 0.05) is 34.2 Å². The zero-order valence-electron chi connectivity index (χ0n) is 20.5. The van der Waals surface area contributed by atoms with Crippen LogP contribution in [0.4, 0.5) is 0 Å². The van der Waals surface area contributed by atoms with Crippen LogP contribution in [0.25, 0.3) is 11.1 Å². The minimum atomic E-state index is -3.43. The highest BCUT2D eigenvalue weighted by atomic mass is 79.9. The van der Waals surface area contributed by atoms with Crippen LogP contribution in [0, 0.1) is 0 Å². The average molecular weight is 648 g/mol. The lowest BCUT2D eigenvalue weighted by Gasteiger charge is -2.18. The van der Waals surface area contributed by atoms with E-state index in [1.165, 1.54) is 24.5 Å².